The summed E-state index contributed by atoms with van der Waals surface area (Å²) in [7, 11) is 1.89. The van der Waals surface area contributed by atoms with Crippen LogP contribution in [0.2, 0.25) is 5.02 Å². The predicted octanol–water partition coefficient (Wildman–Crippen LogP) is 4.10. The van der Waals surface area contributed by atoms with Crippen LogP contribution < -0.4 is 10.1 Å². The Balaban J connectivity index is 2.14. The van der Waals surface area contributed by atoms with Crippen LogP contribution in [0.1, 0.15) is 17.0 Å². The van der Waals surface area contributed by atoms with Crippen LogP contribution in [0, 0.1) is 6.92 Å². The third kappa shape index (κ3) is 3.95. The van der Waals surface area contributed by atoms with Crippen LogP contribution in [-0.4, -0.2) is 12.0 Å². The standard InChI is InChI=1S/C15H16BrClN2O/c1-10-3-6-15(14(19-10)8-18-2)20-9-11-4-5-12(16)7-13(11)17/h3-7,18H,8-9H2,1-2H3. The second-order valence-corrected chi connectivity index (χ2v) is 5.78. The summed E-state index contributed by atoms with van der Waals surface area (Å²) in [5.41, 5.74) is 2.83. The molecule has 5 heteroatoms. The van der Waals surface area contributed by atoms with Crippen molar-refractivity contribution in [3.05, 3.63) is 56.8 Å². The van der Waals surface area contributed by atoms with Gasteiger partial charge in [0.2, 0.25) is 0 Å². The summed E-state index contributed by atoms with van der Waals surface area (Å²) < 4.78 is 6.81. The van der Waals surface area contributed by atoms with Crippen LogP contribution in [0.3, 0.4) is 0 Å². The van der Waals surface area contributed by atoms with Crippen LogP contribution >= 0.6 is 27.5 Å². The molecule has 0 radical (unpaired) electrons. The zero-order valence-corrected chi connectivity index (χ0v) is 13.8. The molecule has 2 rings (SSSR count). The van der Waals surface area contributed by atoms with Gasteiger partial charge in [0, 0.05) is 27.3 Å². The van der Waals surface area contributed by atoms with Crippen molar-refractivity contribution in [1.29, 1.82) is 0 Å². The van der Waals surface area contributed by atoms with E-state index in [0.717, 1.165) is 27.2 Å². The van der Waals surface area contributed by atoms with E-state index >= 15 is 0 Å². The van der Waals surface area contributed by atoms with Gasteiger partial charge in [-0.2, -0.15) is 0 Å². The minimum Gasteiger partial charge on any atom is -0.487 e. The highest BCUT2D eigenvalue weighted by atomic mass is 79.9. The van der Waals surface area contributed by atoms with E-state index in [4.69, 9.17) is 16.3 Å². The van der Waals surface area contributed by atoms with Crippen molar-refractivity contribution >= 4 is 27.5 Å². The van der Waals surface area contributed by atoms with Crippen LogP contribution in [0.25, 0.3) is 0 Å². The largest absolute Gasteiger partial charge is 0.487 e. The molecule has 0 fully saturated rings. The quantitative estimate of drug-likeness (QED) is 0.876. The first kappa shape index (κ1) is 15.3. The van der Waals surface area contributed by atoms with E-state index < -0.39 is 0 Å². The Morgan fingerprint density at radius 3 is 2.80 bits per heavy atom. The minimum atomic E-state index is 0.424. The summed E-state index contributed by atoms with van der Waals surface area (Å²) in [6.07, 6.45) is 0. The zero-order valence-electron chi connectivity index (χ0n) is 11.4. The van der Waals surface area contributed by atoms with Crippen LogP contribution in [0.4, 0.5) is 0 Å². The summed E-state index contributed by atoms with van der Waals surface area (Å²) in [4.78, 5) is 4.48. The number of aromatic nitrogens is 1. The van der Waals surface area contributed by atoms with Gasteiger partial charge in [-0.1, -0.05) is 33.6 Å². The number of benzene rings is 1. The minimum absolute atomic E-state index is 0.424. The summed E-state index contributed by atoms with van der Waals surface area (Å²) in [5, 5.41) is 3.78. The van der Waals surface area contributed by atoms with E-state index in [9.17, 15) is 0 Å². The van der Waals surface area contributed by atoms with Crippen molar-refractivity contribution in [2.45, 2.75) is 20.1 Å². The molecule has 0 aliphatic heterocycles. The Morgan fingerprint density at radius 1 is 1.30 bits per heavy atom. The molecule has 106 valence electrons. The fraction of sp³-hybridized carbons (Fsp3) is 0.267. The number of pyridine rings is 1. The lowest BCUT2D eigenvalue weighted by molar-refractivity contribution is 0.300. The summed E-state index contributed by atoms with van der Waals surface area (Å²) >= 11 is 9.57. The molecule has 3 nitrogen and oxygen atoms in total. The molecule has 1 aromatic heterocycles. The Morgan fingerprint density at radius 2 is 2.10 bits per heavy atom. The lowest BCUT2D eigenvalue weighted by Crippen LogP contribution is -2.10. The van der Waals surface area contributed by atoms with Crippen molar-refractivity contribution in [3.63, 3.8) is 0 Å². The normalized spacial score (nSPS) is 10.6. The van der Waals surface area contributed by atoms with E-state index in [1.54, 1.807) is 0 Å². The number of hydrogen-bond acceptors (Lipinski definition) is 3. The lowest BCUT2D eigenvalue weighted by Gasteiger charge is -2.12. The van der Waals surface area contributed by atoms with Crippen molar-refractivity contribution in [2.75, 3.05) is 7.05 Å². The van der Waals surface area contributed by atoms with Crippen molar-refractivity contribution in [3.8, 4) is 5.75 Å². The van der Waals surface area contributed by atoms with Crippen LogP contribution in [0.15, 0.2) is 34.8 Å². The summed E-state index contributed by atoms with van der Waals surface area (Å²) in [5.74, 6) is 0.781. The van der Waals surface area contributed by atoms with Gasteiger partial charge in [-0.3, -0.25) is 4.98 Å². The SMILES string of the molecule is CNCc1nc(C)ccc1OCc1ccc(Br)cc1Cl. The highest BCUT2D eigenvalue weighted by Crippen LogP contribution is 2.24. The molecule has 0 saturated carbocycles. The maximum Gasteiger partial charge on any atom is 0.142 e. The lowest BCUT2D eigenvalue weighted by atomic mass is 10.2. The number of hydrogen-bond donors (Lipinski definition) is 1. The maximum absolute atomic E-state index is 6.18. The Labute approximate surface area is 132 Å². The monoisotopic (exact) mass is 354 g/mol. The van der Waals surface area contributed by atoms with Gasteiger partial charge in [0.15, 0.2) is 0 Å². The van der Waals surface area contributed by atoms with Gasteiger partial charge in [0.25, 0.3) is 0 Å². The number of halogens is 2. The number of nitrogens with one attached hydrogen (secondary N) is 1. The van der Waals surface area contributed by atoms with Gasteiger partial charge < -0.3 is 10.1 Å². The van der Waals surface area contributed by atoms with Crippen LogP contribution in [0.5, 0.6) is 5.75 Å². The molecule has 0 saturated heterocycles. The van der Waals surface area contributed by atoms with Gasteiger partial charge in [0.1, 0.15) is 12.4 Å². The molecule has 0 bridgehead atoms. The molecule has 0 aliphatic rings. The second-order valence-electron chi connectivity index (χ2n) is 4.45. The van der Waals surface area contributed by atoms with Gasteiger partial charge in [0.05, 0.1) is 5.69 Å². The summed E-state index contributed by atoms with van der Waals surface area (Å²) in [6.45, 7) is 3.06. The number of aryl methyl sites for hydroxylation is 1. The fourth-order valence-electron chi connectivity index (χ4n) is 1.82. The molecular weight excluding hydrogens is 340 g/mol. The average Bonchev–Trinajstić information content (AvgIpc) is 2.40. The van der Waals surface area contributed by atoms with E-state index in [2.05, 4.69) is 26.2 Å². The van der Waals surface area contributed by atoms with Gasteiger partial charge >= 0.3 is 0 Å². The molecule has 0 aliphatic carbocycles. The third-order valence-electron chi connectivity index (χ3n) is 2.81. The average molecular weight is 356 g/mol. The molecule has 1 heterocycles. The van der Waals surface area contributed by atoms with Gasteiger partial charge in [-0.25, -0.2) is 0 Å². The molecule has 2 aromatic rings. The van der Waals surface area contributed by atoms with Crippen LogP contribution in [-0.2, 0) is 13.2 Å². The molecule has 20 heavy (non-hydrogen) atoms. The summed E-state index contributed by atoms with van der Waals surface area (Å²) in [6, 6.07) is 9.65. The highest BCUT2D eigenvalue weighted by molar-refractivity contribution is 9.10. The molecule has 0 spiro atoms. The Hall–Kier alpha value is -1.10. The predicted molar refractivity (Wildman–Crippen MR) is 85.2 cm³/mol. The molecular formula is C15H16BrClN2O. The molecule has 0 amide bonds. The van der Waals surface area contributed by atoms with Crippen molar-refractivity contribution in [2.24, 2.45) is 0 Å². The molecule has 1 aromatic carbocycles. The van der Waals surface area contributed by atoms with Gasteiger partial charge in [-0.05, 0) is 38.2 Å². The second kappa shape index (κ2) is 7.07. The molecule has 0 unspecified atom stereocenters. The first-order chi connectivity index (χ1) is 9.60. The third-order valence-corrected chi connectivity index (χ3v) is 3.66. The first-order valence-electron chi connectivity index (χ1n) is 6.28. The number of rotatable bonds is 5. The topological polar surface area (TPSA) is 34.2 Å². The number of ether oxygens (including phenoxy) is 1. The molecule has 1 N–H and O–H groups in total. The van der Waals surface area contributed by atoms with E-state index in [1.807, 2.05) is 44.3 Å². The van der Waals surface area contributed by atoms with Crippen molar-refractivity contribution < 1.29 is 4.74 Å². The fourth-order valence-corrected chi connectivity index (χ4v) is 2.55. The Bertz CT molecular complexity index is 604. The first-order valence-corrected chi connectivity index (χ1v) is 7.45. The van der Waals surface area contributed by atoms with Gasteiger partial charge in [-0.15, -0.1) is 0 Å². The van der Waals surface area contributed by atoms with E-state index in [-0.39, 0.29) is 0 Å². The highest BCUT2D eigenvalue weighted by Gasteiger charge is 2.07. The van der Waals surface area contributed by atoms with Crippen molar-refractivity contribution in [1.82, 2.24) is 10.3 Å². The smallest absolute Gasteiger partial charge is 0.142 e. The maximum atomic E-state index is 6.18. The molecule has 0 atom stereocenters. The Kier molecular flexibility index (Phi) is 5.40. The zero-order chi connectivity index (χ0) is 14.5. The van der Waals surface area contributed by atoms with E-state index in [1.165, 1.54) is 0 Å². The number of nitrogens with zero attached hydrogens (tertiary/aromatic N) is 1. The van der Waals surface area contributed by atoms with E-state index in [0.29, 0.717) is 18.2 Å².